The summed E-state index contributed by atoms with van der Waals surface area (Å²) in [7, 11) is 0. The van der Waals surface area contributed by atoms with Crippen LogP contribution in [-0.2, 0) is 4.79 Å². The number of carbonyl (C=O) groups excluding carboxylic acids is 1. The third kappa shape index (κ3) is 5.04. The van der Waals surface area contributed by atoms with Gasteiger partial charge in [0, 0.05) is 12.6 Å². The van der Waals surface area contributed by atoms with Gasteiger partial charge in [0.05, 0.1) is 18.0 Å². The Hall–Kier alpha value is -1.80. The van der Waals surface area contributed by atoms with Crippen LogP contribution in [0, 0.1) is 5.92 Å². The molecule has 1 aliphatic carbocycles. The smallest absolute Gasteiger partial charge is 0.233 e. The summed E-state index contributed by atoms with van der Waals surface area (Å²) in [5.41, 5.74) is 0.870. The van der Waals surface area contributed by atoms with Crippen LogP contribution in [0.4, 0.5) is 10.8 Å². The van der Waals surface area contributed by atoms with E-state index < -0.39 is 0 Å². The number of anilines is 2. The maximum Gasteiger partial charge on any atom is 0.233 e. The van der Waals surface area contributed by atoms with E-state index in [-0.39, 0.29) is 5.91 Å². The van der Waals surface area contributed by atoms with Crippen molar-refractivity contribution in [3.63, 3.8) is 0 Å². The van der Waals surface area contributed by atoms with Gasteiger partial charge in [-0.2, -0.15) is 0 Å². The molecule has 6 nitrogen and oxygen atoms in total. The Balaban J connectivity index is 1.33. The summed E-state index contributed by atoms with van der Waals surface area (Å²) < 4.78 is 6.46. The molecule has 0 radical (unpaired) electrons. The number of rotatable bonds is 7. The first kappa shape index (κ1) is 20.5. The van der Waals surface area contributed by atoms with E-state index in [1.807, 2.05) is 31.2 Å². The van der Waals surface area contributed by atoms with Crippen LogP contribution >= 0.6 is 23.1 Å². The molecule has 2 aromatic rings. The number of hydrogen-bond acceptors (Lipinski definition) is 7. The number of carbonyl (C=O) groups is 1. The monoisotopic (exact) mass is 432 g/mol. The Morgan fingerprint density at radius 3 is 2.97 bits per heavy atom. The molecule has 2 heterocycles. The summed E-state index contributed by atoms with van der Waals surface area (Å²) in [6.07, 6.45) is 7.47. The highest BCUT2D eigenvalue weighted by atomic mass is 32.2. The van der Waals surface area contributed by atoms with Crippen LogP contribution in [0.5, 0.6) is 5.75 Å². The van der Waals surface area contributed by atoms with Gasteiger partial charge in [-0.05, 0) is 50.7 Å². The van der Waals surface area contributed by atoms with Crippen LogP contribution < -0.4 is 10.1 Å². The molecule has 2 unspecified atom stereocenters. The number of nitrogens with one attached hydrogen (secondary N) is 1. The van der Waals surface area contributed by atoms with Crippen molar-refractivity contribution in [1.82, 2.24) is 15.1 Å². The number of para-hydroxylation sites is 2. The highest BCUT2D eigenvalue weighted by Crippen LogP contribution is 2.36. The van der Waals surface area contributed by atoms with Crippen LogP contribution in [0.15, 0.2) is 28.6 Å². The second kappa shape index (κ2) is 9.80. The van der Waals surface area contributed by atoms with Crippen LogP contribution in [-0.4, -0.2) is 46.0 Å². The van der Waals surface area contributed by atoms with Gasteiger partial charge in [-0.3, -0.25) is 4.79 Å². The van der Waals surface area contributed by atoms with Gasteiger partial charge < -0.3 is 15.0 Å². The van der Waals surface area contributed by atoms with E-state index in [2.05, 4.69) is 20.4 Å². The number of nitrogens with zero attached hydrogens (tertiary/aromatic N) is 3. The first-order chi connectivity index (χ1) is 14.2. The summed E-state index contributed by atoms with van der Waals surface area (Å²) >= 11 is 2.96. The van der Waals surface area contributed by atoms with Gasteiger partial charge in [-0.25, -0.2) is 0 Å². The molecule has 1 N–H and O–H groups in total. The van der Waals surface area contributed by atoms with Crippen molar-refractivity contribution in [1.29, 1.82) is 0 Å². The molecule has 8 heteroatoms. The van der Waals surface area contributed by atoms with E-state index >= 15 is 0 Å². The van der Waals surface area contributed by atoms with E-state index in [4.69, 9.17) is 4.74 Å². The highest BCUT2D eigenvalue weighted by Gasteiger charge is 2.35. The van der Waals surface area contributed by atoms with Crippen molar-refractivity contribution in [3.8, 4) is 5.75 Å². The van der Waals surface area contributed by atoms with Gasteiger partial charge in [0.1, 0.15) is 5.75 Å². The summed E-state index contributed by atoms with van der Waals surface area (Å²) in [5, 5.41) is 12.5. The molecular weight excluding hydrogens is 404 g/mol. The average Bonchev–Trinajstić information content (AvgIpc) is 3.20. The number of fused-ring (bicyclic) bond motifs is 1. The number of hydrogen-bond donors (Lipinski definition) is 1. The molecule has 0 bridgehead atoms. The third-order valence-electron chi connectivity index (χ3n) is 5.72. The van der Waals surface area contributed by atoms with E-state index in [9.17, 15) is 4.79 Å². The fraction of sp³-hybridized carbons (Fsp3) is 0.571. The van der Waals surface area contributed by atoms with Gasteiger partial charge in [0.15, 0.2) is 4.34 Å². The summed E-state index contributed by atoms with van der Waals surface area (Å²) in [4.78, 5) is 15.0. The zero-order valence-electron chi connectivity index (χ0n) is 16.8. The summed E-state index contributed by atoms with van der Waals surface area (Å²) in [6, 6.07) is 8.25. The number of piperidine rings is 1. The molecule has 29 heavy (non-hydrogen) atoms. The minimum absolute atomic E-state index is 0.248. The quantitative estimate of drug-likeness (QED) is 0.624. The molecule has 2 fully saturated rings. The van der Waals surface area contributed by atoms with Crippen molar-refractivity contribution in [2.75, 3.05) is 24.2 Å². The maximum absolute atomic E-state index is 12.9. The lowest BCUT2D eigenvalue weighted by Crippen LogP contribution is -2.50. The maximum atomic E-state index is 12.9. The van der Waals surface area contributed by atoms with Crippen LogP contribution in [0.2, 0.25) is 0 Å². The van der Waals surface area contributed by atoms with Gasteiger partial charge in [-0.15, -0.1) is 10.2 Å². The lowest BCUT2D eigenvalue weighted by atomic mass is 9.78. The zero-order valence-corrected chi connectivity index (χ0v) is 18.4. The lowest BCUT2D eigenvalue weighted by molar-refractivity contribution is -0.134. The molecule has 1 aliphatic heterocycles. The number of benzene rings is 1. The minimum Gasteiger partial charge on any atom is -0.492 e. The van der Waals surface area contributed by atoms with Crippen molar-refractivity contribution < 1.29 is 9.53 Å². The van der Waals surface area contributed by atoms with Crippen LogP contribution in [0.25, 0.3) is 0 Å². The molecule has 1 aromatic heterocycles. The van der Waals surface area contributed by atoms with Crippen molar-refractivity contribution in [2.24, 2.45) is 5.92 Å². The molecule has 4 rings (SSSR count). The van der Waals surface area contributed by atoms with Gasteiger partial charge >= 0.3 is 0 Å². The normalized spacial score (nSPS) is 21.5. The average molecular weight is 433 g/mol. The predicted molar refractivity (Wildman–Crippen MR) is 118 cm³/mol. The SMILES string of the molecule is CCOc1ccccc1Nc1nnc(SCC(=O)N2CCCC3CCCCC32)s1. The number of likely N-dealkylation sites (tertiary alicyclic amines) is 1. The highest BCUT2D eigenvalue weighted by molar-refractivity contribution is 8.01. The summed E-state index contributed by atoms with van der Waals surface area (Å²) in [6.45, 7) is 3.49. The molecule has 1 saturated carbocycles. The topological polar surface area (TPSA) is 67.3 Å². The standard InChI is InChI=1S/C21H28N4O2S2/c1-2-27-18-12-6-4-10-16(18)22-20-23-24-21(29-20)28-14-19(26)25-13-7-9-15-8-3-5-11-17(15)25/h4,6,10,12,15,17H,2-3,5,7-9,11,13-14H2,1H3,(H,22,23). The molecular formula is C21H28N4O2S2. The molecule has 1 amide bonds. The molecule has 0 spiro atoms. The molecule has 1 aromatic carbocycles. The van der Waals surface area contributed by atoms with E-state index in [1.54, 1.807) is 0 Å². The number of ether oxygens (including phenoxy) is 1. The van der Waals surface area contributed by atoms with E-state index in [0.717, 1.165) is 28.7 Å². The molecule has 156 valence electrons. The summed E-state index contributed by atoms with van der Waals surface area (Å²) in [5.74, 6) is 2.20. The number of aromatic nitrogens is 2. The van der Waals surface area contributed by atoms with Crippen molar-refractivity contribution in [3.05, 3.63) is 24.3 Å². The first-order valence-electron chi connectivity index (χ1n) is 10.5. The Kier molecular flexibility index (Phi) is 6.92. The molecule has 1 saturated heterocycles. The lowest BCUT2D eigenvalue weighted by Gasteiger charge is -2.44. The molecule has 2 aliphatic rings. The Bertz CT molecular complexity index is 827. The van der Waals surface area contributed by atoms with Crippen molar-refractivity contribution in [2.45, 2.75) is 55.8 Å². The molecule has 2 atom stereocenters. The fourth-order valence-corrected chi connectivity index (χ4v) is 6.08. The number of thioether (sulfide) groups is 1. The van der Waals surface area contributed by atoms with Crippen LogP contribution in [0.3, 0.4) is 0 Å². The Morgan fingerprint density at radius 1 is 1.24 bits per heavy atom. The first-order valence-corrected chi connectivity index (χ1v) is 12.3. The second-order valence-electron chi connectivity index (χ2n) is 7.56. The predicted octanol–water partition coefficient (Wildman–Crippen LogP) is 4.95. The zero-order chi connectivity index (χ0) is 20.1. The Labute approximate surface area is 180 Å². The van der Waals surface area contributed by atoms with Crippen molar-refractivity contribution >= 4 is 39.8 Å². The fourth-order valence-electron chi connectivity index (χ4n) is 4.43. The Morgan fingerprint density at radius 2 is 2.07 bits per heavy atom. The van der Waals surface area contributed by atoms with Gasteiger partial charge in [0.25, 0.3) is 0 Å². The second-order valence-corrected chi connectivity index (χ2v) is 9.76. The largest absolute Gasteiger partial charge is 0.492 e. The number of amides is 1. The van der Waals surface area contributed by atoms with E-state index in [1.165, 1.54) is 55.2 Å². The van der Waals surface area contributed by atoms with Crippen LogP contribution in [0.1, 0.15) is 45.4 Å². The van der Waals surface area contributed by atoms with Gasteiger partial charge in [-0.1, -0.05) is 48.1 Å². The van der Waals surface area contributed by atoms with Gasteiger partial charge in [0.2, 0.25) is 11.0 Å². The minimum atomic E-state index is 0.248. The third-order valence-corrected chi connectivity index (χ3v) is 7.67. The van der Waals surface area contributed by atoms with E-state index in [0.29, 0.717) is 29.5 Å².